The van der Waals surface area contributed by atoms with Crippen molar-refractivity contribution in [2.24, 2.45) is 29.6 Å². The van der Waals surface area contributed by atoms with E-state index in [0.29, 0.717) is 18.3 Å². The maximum absolute atomic E-state index is 6.32. The standard InChI is InChI=1S/C37H66O3/c1-3-5-6-7-8-27-38-35-23-17-33(18-24-35)34-19-25-37(26-20-34)40-29-10-9-28-39-36-21-15-32(16-22-36)31-13-11-30(4-2)12-14-31/h3,30-37H,1,4-29H2,2H3. The van der Waals surface area contributed by atoms with E-state index in [4.69, 9.17) is 14.2 Å². The minimum Gasteiger partial charge on any atom is -0.378 e. The van der Waals surface area contributed by atoms with Crippen LogP contribution in [0.15, 0.2) is 12.7 Å². The molecule has 0 aliphatic heterocycles. The van der Waals surface area contributed by atoms with Gasteiger partial charge in [0.15, 0.2) is 0 Å². The molecule has 3 nitrogen and oxygen atoms in total. The molecule has 0 amide bonds. The fourth-order valence-electron chi connectivity index (χ4n) is 8.77. The Labute approximate surface area is 249 Å². The summed E-state index contributed by atoms with van der Waals surface area (Å²) in [6.45, 7) is 9.02. The van der Waals surface area contributed by atoms with Crippen molar-refractivity contribution < 1.29 is 14.2 Å². The van der Waals surface area contributed by atoms with Crippen LogP contribution in [0.2, 0.25) is 0 Å². The number of unbranched alkanes of at least 4 members (excludes halogenated alkanes) is 4. The molecule has 4 fully saturated rings. The Bertz CT molecular complexity index is 632. The molecule has 4 aliphatic rings. The second-order valence-electron chi connectivity index (χ2n) is 14.3. The SMILES string of the molecule is C=CCCCCCOC1CCC(C2CCC(OCCCCOC3CCC(C4CCC(CC)CC4)CC3)CC2)CC1. The first-order chi connectivity index (χ1) is 19.7. The van der Waals surface area contributed by atoms with E-state index in [1.807, 2.05) is 6.08 Å². The molecule has 0 atom stereocenters. The highest BCUT2D eigenvalue weighted by atomic mass is 16.5. The first kappa shape index (κ1) is 32.5. The van der Waals surface area contributed by atoms with Crippen LogP contribution in [0.1, 0.15) is 155 Å². The van der Waals surface area contributed by atoms with Crippen molar-refractivity contribution in [2.45, 2.75) is 173 Å². The topological polar surface area (TPSA) is 27.7 Å². The van der Waals surface area contributed by atoms with Crippen molar-refractivity contribution in [2.75, 3.05) is 19.8 Å². The number of allylic oxidation sites excluding steroid dienone is 1. The van der Waals surface area contributed by atoms with Crippen LogP contribution in [0.5, 0.6) is 0 Å². The molecule has 4 aliphatic carbocycles. The Morgan fingerprint density at radius 3 is 1.18 bits per heavy atom. The average Bonchev–Trinajstić information content (AvgIpc) is 3.01. The van der Waals surface area contributed by atoms with Gasteiger partial charge < -0.3 is 14.2 Å². The summed E-state index contributed by atoms with van der Waals surface area (Å²) in [5, 5.41) is 0. The zero-order valence-electron chi connectivity index (χ0n) is 26.5. The number of hydrogen-bond donors (Lipinski definition) is 0. The summed E-state index contributed by atoms with van der Waals surface area (Å²) in [7, 11) is 0. The molecule has 4 saturated carbocycles. The normalized spacial score (nSPS) is 35.4. The predicted octanol–water partition coefficient (Wildman–Crippen LogP) is 10.5. The zero-order valence-corrected chi connectivity index (χ0v) is 26.5. The molecule has 0 unspecified atom stereocenters. The van der Waals surface area contributed by atoms with Crippen LogP contribution in [0.3, 0.4) is 0 Å². The van der Waals surface area contributed by atoms with E-state index >= 15 is 0 Å². The molecule has 232 valence electrons. The number of hydrogen-bond acceptors (Lipinski definition) is 3. The maximum Gasteiger partial charge on any atom is 0.0575 e. The van der Waals surface area contributed by atoms with Crippen LogP contribution < -0.4 is 0 Å². The van der Waals surface area contributed by atoms with E-state index in [2.05, 4.69) is 13.5 Å². The van der Waals surface area contributed by atoms with Gasteiger partial charge in [0.1, 0.15) is 0 Å². The largest absolute Gasteiger partial charge is 0.378 e. The van der Waals surface area contributed by atoms with Crippen LogP contribution in [0.4, 0.5) is 0 Å². The van der Waals surface area contributed by atoms with Gasteiger partial charge in [-0.2, -0.15) is 0 Å². The molecular formula is C37H66O3. The van der Waals surface area contributed by atoms with Crippen LogP contribution >= 0.6 is 0 Å². The lowest BCUT2D eigenvalue weighted by Gasteiger charge is -2.38. The third kappa shape index (κ3) is 11.4. The van der Waals surface area contributed by atoms with Gasteiger partial charge in [0.25, 0.3) is 0 Å². The minimum absolute atomic E-state index is 0.514. The molecule has 0 bridgehead atoms. The average molecular weight is 559 g/mol. The molecule has 0 spiro atoms. The Hall–Kier alpha value is -0.380. The lowest BCUT2D eigenvalue weighted by molar-refractivity contribution is -0.0173. The summed E-state index contributed by atoms with van der Waals surface area (Å²) >= 11 is 0. The van der Waals surface area contributed by atoms with Gasteiger partial charge in [-0.05, 0) is 152 Å². The third-order valence-electron chi connectivity index (χ3n) is 11.6. The summed E-state index contributed by atoms with van der Waals surface area (Å²) in [5.74, 6) is 4.93. The molecular weight excluding hydrogens is 492 g/mol. The van der Waals surface area contributed by atoms with Crippen molar-refractivity contribution in [3.05, 3.63) is 12.7 Å². The summed E-state index contributed by atoms with van der Waals surface area (Å²) < 4.78 is 18.8. The predicted molar refractivity (Wildman–Crippen MR) is 169 cm³/mol. The van der Waals surface area contributed by atoms with Crippen LogP contribution in [-0.4, -0.2) is 38.1 Å². The smallest absolute Gasteiger partial charge is 0.0575 e. The van der Waals surface area contributed by atoms with Gasteiger partial charge in [-0.15, -0.1) is 6.58 Å². The van der Waals surface area contributed by atoms with Gasteiger partial charge in [-0.3, -0.25) is 0 Å². The second kappa shape index (κ2) is 19.0. The van der Waals surface area contributed by atoms with Gasteiger partial charge in [0, 0.05) is 19.8 Å². The molecule has 0 aromatic rings. The van der Waals surface area contributed by atoms with Gasteiger partial charge in [0.2, 0.25) is 0 Å². The van der Waals surface area contributed by atoms with E-state index in [0.717, 1.165) is 68.7 Å². The Balaban J connectivity index is 0.947. The first-order valence-corrected chi connectivity index (χ1v) is 18.2. The van der Waals surface area contributed by atoms with Crippen molar-refractivity contribution in [3.63, 3.8) is 0 Å². The quantitative estimate of drug-likeness (QED) is 0.131. The lowest BCUT2D eigenvalue weighted by atomic mass is 9.70. The summed E-state index contributed by atoms with van der Waals surface area (Å²) in [4.78, 5) is 0. The van der Waals surface area contributed by atoms with Crippen LogP contribution in [0, 0.1) is 29.6 Å². The molecule has 0 aromatic carbocycles. The fraction of sp³-hybridized carbons (Fsp3) is 0.946. The highest BCUT2D eigenvalue weighted by Crippen LogP contribution is 2.42. The highest BCUT2D eigenvalue weighted by molar-refractivity contribution is 4.84. The van der Waals surface area contributed by atoms with Crippen molar-refractivity contribution in [1.29, 1.82) is 0 Å². The summed E-state index contributed by atoms with van der Waals surface area (Å²) in [5.41, 5.74) is 0. The van der Waals surface area contributed by atoms with Gasteiger partial charge in [0.05, 0.1) is 18.3 Å². The molecule has 0 N–H and O–H groups in total. The molecule has 0 radical (unpaired) electrons. The van der Waals surface area contributed by atoms with E-state index in [9.17, 15) is 0 Å². The highest BCUT2D eigenvalue weighted by Gasteiger charge is 2.32. The van der Waals surface area contributed by atoms with Crippen LogP contribution in [0.25, 0.3) is 0 Å². The van der Waals surface area contributed by atoms with Gasteiger partial charge in [-0.1, -0.05) is 38.7 Å². The molecule has 0 saturated heterocycles. The monoisotopic (exact) mass is 559 g/mol. The summed E-state index contributed by atoms with van der Waals surface area (Å²) in [6.07, 6.45) is 34.4. The number of ether oxygens (including phenoxy) is 3. The van der Waals surface area contributed by atoms with E-state index in [1.54, 1.807) is 0 Å². The van der Waals surface area contributed by atoms with Gasteiger partial charge >= 0.3 is 0 Å². The van der Waals surface area contributed by atoms with Crippen molar-refractivity contribution in [3.8, 4) is 0 Å². The Morgan fingerprint density at radius 2 is 0.825 bits per heavy atom. The maximum atomic E-state index is 6.32. The van der Waals surface area contributed by atoms with E-state index < -0.39 is 0 Å². The molecule has 0 heterocycles. The fourth-order valence-corrected chi connectivity index (χ4v) is 8.77. The zero-order chi connectivity index (χ0) is 27.8. The van der Waals surface area contributed by atoms with Crippen molar-refractivity contribution >= 4 is 0 Å². The Kier molecular flexibility index (Phi) is 15.5. The summed E-state index contributed by atoms with van der Waals surface area (Å²) in [6, 6.07) is 0. The van der Waals surface area contributed by atoms with Crippen molar-refractivity contribution in [1.82, 2.24) is 0 Å². The molecule has 0 aromatic heterocycles. The Morgan fingerprint density at radius 1 is 0.475 bits per heavy atom. The van der Waals surface area contributed by atoms with E-state index in [1.165, 1.54) is 128 Å². The number of rotatable bonds is 17. The first-order valence-electron chi connectivity index (χ1n) is 18.2. The minimum atomic E-state index is 0.514. The van der Waals surface area contributed by atoms with E-state index in [-0.39, 0.29) is 0 Å². The molecule has 3 heteroatoms. The molecule has 40 heavy (non-hydrogen) atoms. The second-order valence-corrected chi connectivity index (χ2v) is 14.3. The molecule has 4 rings (SSSR count). The van der Waals surface area contributed by atoms with Crippen LogP contribution in [-0.2, 0) is 14.2 Å². The third-order valence-corrected chi connectivity index (χ3v) is 11.6. The lowest BCUT2D eigenvalue weighted by Crippen LogP contribution is -2.30. The van der Waals surface area contributed by atoms with Gasteiger partial charge in [-0.25, -0.2) is 0 Å².